The molecular formula is C7H6N4O4S. The Bertz CT molecular complexity index is 607. The van der Waals surface area contributed by atoms with E-state index in [1.807, 2.05) is 0 Å². The van der Waals surface area contributed by atoms with E-state index in [-0.39, 0.29) is 22.2 Å². The number of nitro benzene ring substituents is 1. The second-order valence-corrected chi connectivity index (χ2v) is 4.59. The van der Waals surface area contributed by atoms with Gasteiger partial charge in [0.05, 0.1) is 10.6 Å². The van der Waals surface area contributed by atoms with Gasteiger partial charge >= 0.3 is 0 Å². The van der Waals surface area contributed by atoms with Crippen LogP contribution in [0.3, 0.4) is 0 Å². The summed E-state index contributed by atoms with van der Waals surface area (Å²) in [5.41, 5.74) is 5.11. The summed E-state index contributed by atoms with van der Waals surface area (Å²) in [6.45, 7) is 0. The third-order valence-electron chi connectivity index (χ3n) is 1.94. The molecular weight excluding hydrogens is 236 g/mol. The summed E-state index contributed by atoms with van der Waals surface area (Å²) in [7, 11) is -3.95. The van der Waals surface area contributed by atoms with Crippen LogP contribution in [0.5, 0.6) is 0 Å². The van der Waals surface area contributed by atoms with Gasteiger partial charge in [-0.25, -0.2) is 0 Å². The van der Waals surface area contributed by atoms with E-state index in [4.69, 9.17) is 5.73 Å². The van der Waals surface area contributed by atoms with E-state index >= 15 is 0 Å². The van der Waals surface area contributed by atoms with Gasteiger partial charge in [-0.3, -0.25) is 10.1 Å². The first-order valence-corrected chi connectivity index (χ1v) is 5.50. The van der Waals surface area contributed by atoms with E-state index in [2.05, 4.69) is 9.71 Å². The standard InChI is InChI=1S/C7H6N4O4S/c8-7-9-5-2-1-4(11(12)13)3-6(5)16(14,15)10-7/h1-3H,(H3,8,9,10). The summed E-state index contributed by atoms with van der Waals surface area (Å²) >= 11 is 0. The largest absolute Gasteiger partial charge is 0.369 e. The number of non-ortho nitro benzene ring substituents is 1. The molecule has 0 saturated heterocycles. The first-order valence-electron chi connectivity index (χ1n) is 4.06. The smallest absolute Gasteiger partial charge is 0.287 e. The Hall–Kier alpha value is -2.16. The minimum Gasteiger partial charge on any atom is -0.369 e. The molecule has 0 aliphatic carbocycles. The molecule has 16 heavy (non-hydrogen) atoms. The van der Waals surface area contributed by atoms with Gasteiger partial charge in [-0.15, -0.1) is 4.40 Å². The van der Waals surface area contributed by atoms with Gasteiger partial charge in [0.25, 0.3) is 15.7 Å². The molecule has 0 aromatic heterocycles. The fraction of sp³-hybridized carbons (Fsp3) is 0. The Morgan fingerprint density at radius 1 is 1.44 bits per heavy atom. The quantitative estimate of drug-likeness (QED) is 0.528. The molecule has 0 unspecified atom stereocenters. The van der Waals surface area contributed by atoms with E-state index in [1.54, 1.807) is 0 Å². The van der Waals surface area contributed by atoms with Crippen molar-refractivity contribution in [3.8, 4) is 0 Å². The third kappa shape index (κ3) is 1.56. The van der Waals surface area contributed by atoms with E-state index in [0.717, 1.165) is 6.07 Å². The maximum absolute atomic E-state index is 11.5. The maximum Gasteiger partial charge on any atom is 0.287 e. The monoisotopic (exact) mass is 242 g/mol. The first kappa shape index (κ1) is 10.4. The molecule has 0 amide bonds. The zero-order chi connectivity index (χ0) is 11.9. The number of hydrogen-bond acceptors (Lipinski definition) is 6. The second-order valence-electron chi connectivity index (χ2n) is 3.01. The Labute approximate surface area is 90.0 Å². The van der Waals surface area contributed by atoms with Gasteiger partial charge in [-0.1, -0.05) is 0 Å². The lowest BCUT2D eigenvalue weighted by atomic mass is 10.3. The van der Waals surface area contributed by atoms with Gasteiger partial charge in [0.2, 0.25) is 5.96 Å². The molecule has 84 valence electrons. The summed E-state index contributed by atoms with van der Waals surface area (Å²) in [4.78, 5) is 9.56. The van der Waals surface area contributed by atoms with Crippen LogP contribution in [0.25, 0.3) is 0 Å². The van der Waals surface area contributed by atoms with Gasteiger partial charge in [0.15, 0.2) is 0 Å². The third-order valence-corrected chi connectivity index (χ3v) is 3.27. The lowest BCUT2D eigenvalue weighted by Gasteiger charge is -2.14. The van der Waals surface area contributed by atoms with Crippen molar-refractivity contribution in [3.05, 3.63) is 28.3 Å². The van der Waals surface area contributed by atoms with Crippen LogP contribution in [0.4, 0.5) is 11.4 Å². The number of hydrogen-bond donors (Lipinski definition) is 2. The topological polar surface area (TPSA) is 128 Å². The Morgan fingerprint density at radius 3 is 2.75 bits per heavy atom. The number of anilines is 1. The minimum atomic E-state index is -3.95. The van der Waals surface area contributed by atoms with Crippen molar-refractivity contribution in [3.63, 3.8) is 0 Å². The van der Waals surface area contributed by atoms with E-state index in [0.29, 0.717) is 0 Å². The SMILES string of the molecule is NC1=NS(=O)(=O)c2cc([N+](=O)[O-])ccc2N1. The molecule has 0 bridgehead atoms. The molecule has 1 heterocycles. The summed E-state index contributed by atoms with van der Waals surface area (Å²) in [5, 5.41) is 13.0. The molecule has 1 aliphatic heterocycles. The number of nitrogens with one attached hydrogen (secondary N) is 1. The number of nitrogens with two attached hydrogens (primary N) is 1. The number of sulfonamides is 1. The summed E-state index contributed by atoms with van der Waals surface area (Å²) < 4.78 is 26.2. The van der Waals surface area contributed by atoms with Crippen molar-refractivity contribution in [1.82, 2.24) is 0 Å². The molecule has 0 atom stereocenters. The normalized spacial score (nSPS) is 16.9. The fourth-order valence-corrected chi connectivity index (χ4v) is 2.35. The highest BCUT2D eigenvalue weighted by atomic mass is 32.2. The van der Waals surface area contributed by atoms with Crippen LogP contribution >= 0.6 is 0 Å². The van der Waals surface area contributed by atoms with Crippen LogP contribution in [0, 0.1) is 10.1 Å². The lowest BCUT2D eigenvalue weighted by molar-refractivity contribution is -0.385. The highest BCUT2D eigenvalue weighted by molar-refractivity contribution is 7.90. The molecule has 8 nitrogen and oxygen atoms in total. The molecule has 1 aromatic carbocycles. The molecule has 1 aromatic rings. The average molecular weight is 242 g/mol. The van der Waals surface area contributed by atoms with Crippen LogP contribution in [0.1, 0.15) is 0 Å². The Kier molecular flexibility index (Phi) is 2.05. The molecule has 0 spiro atoms. The van der Waals surface area contributed by atoms with Gasteiger partial charge in [-0.2, -0.15) is 8.42 Å². The van der Waals surface area contributed by atoms with Crippen LogP contribution in [-0.2, 0) is 10.0 Å². The van der Waals surface area contributed by atoms with E-state index in [1.165, 1.54) is 12.1 Å². The summed E-state index contributed by atoms with van der Waals surface area (Å²) in [6.07, 6.45) is 0. The van der Waals surface area contributed by atoms with Crippen molar-refractivity contribution in [2.24, 2.45) is 10.1 Å². The second kappa shape index (κ2) is 3.17. The van der Waals surface area contributed by atoms with Crippen molar-refractivity contribution < 1.29 is 13.3 Å². The summed E-state index contributed by atoms with van der Waals surface area (Å²) in [5.74, 6) is -0.263. The van der Waals surface area contributed by atoms with Gasteiger partial charge in [0.1, 0.15) is 4.90 Å². The molecule has 9 heteroatoms. The average Bonchev–Trinajstić information content (AvgIpc) is 2.15. The number of guanidine groups is 1. The predicted octanol–water partition coefficient (Wildman–Crippen LogP) is 0.0237. The number of benzene rings is 1. The molecule has 0 fully saturated rings. The van der Waals surface area contributed by atoms with Crippen molar-refractivity contribution >= 4 is 27.4 Å². The molecule has 2 rings (SSSR count). The molecule has 0 saturated carbocycles. The number of nitro groups is 1. The Morgan fingerprint density at radius 2 is 2.12 bits per heavy atom. The van der Waals surface area contributed by atoms with Crippen molar-refractivity contribution in [1.29, 1.82) is 0 Å². The van der Waals surface area contributed by atoms with E-state index < -0.39 is 14.9 Å². The Balaban J connectivity index is 2.68. The molecule has 1 aliphatic rings. The van der Waals surface area contributed by atoms with Crippen molar-refractivity contribution in [2.75, 3.05) is 5.32 Å². The number of nitrogens with zero attached hydrogens (tertiary/aromatic N) is 2. The van der Waals surface area contributed by atoms with E-state index in [9.17, 15) is 18.5 Å². The molecule has 0 radical (unpaired) electrons. The van der Waals surface area contributed by atoms with Gasteiger partial charge < -0.3 is 11.1 Å². The van der Waals surface area contributed by atoms with Gasteiger partial charge in [-0.05, 0) is 6.07 Å². The zero-order valence-electron chi connectivity index (χ0n) is 7.75. The fourth-order valence-electron chi connectivity index (χ4n) is 1.28. The highest BCUT2D eigenvalue weighted by Crippen LogP contribution is 2.29. The summed E-state index contributed by atoms with van der Waals surface area (Å²) in [6, 6.07) is 3.39. The first-order chi connectivity index (χ1) is 7.40. The lowest BCUT2D eigenvalue weighted by Crippen LogP contribution is -2.28. The van der Waals surface area contributed by atoms with Gasteiger partial charge in [0, 0.05) is 12.1 Å². The van der Waals surface area contributed by atoms with Crippen LogP contribution in [0.15, 0.2) is 27.5 Å². The highest BCUT2D eigenvalue weighted by Gasteiger charge is 2.26. The molecule has 3 N–H and O–H groups in total. The number of rotatable bonds is 1. The van der Waals surface area contributed by atoms with Crippen LogP contribution in [-0.4, -0.2) is 19.3 Å². The predicted molar refractivity (Wildman–Crippen MR) is 55.5 cm³/mol. The van der Waals surface area contributed by atoms with Crippen LogP contribution in [0.2, 0.25) is 0 Å². The van der Waals surface area contributed by atoms with Crippen LogP contribution < -0.4 is 11.1 Å². The van der Waals surface area contributed by atoms with Crippen molar-refractivity contribution in [2.45, 2.75) is 4.90 Å². The zero-order valence-corrected chi connectivity index (χ0v) is 8.56. The maximum atomic E-state index is 11.5. The number of fused-ring (bicyclic) bond motifs is 1. The minimum absolute atomic E-state index is 0.179.